The van der Waals surface area contributed by atoms with Gasteiger partial charge in [0.25, 0.3) is 5.56 Å². The van der Waals surface area contributed by atoms with Gasteiger partial charge in [-0.15, -0.1) is 0 Å². The maximum absolute atomic E-state index is 11.9. The number of rotatable bonds is 3. The molecule has 1 heterocycles. The fraction of sp³-hybridized carbons (Fsp3) is 0. The molecule has 2 rings (SSSR count). The van der Waals surface area contributed by atoms with Crippen LogP contribution in [-0.4, -0.2) is 10.8 Å². The van der Waals surface area contributed by atoms with Crippen molar-refractivity contribution in [2.45, 2.75) is 0 Å². The fourth-order valence-corrected chi connectivity index (χ4v) is 1.81. The zero-order valence-electron chi connectivity index (χ0n) is 10.0. The number of halogens is 1. The summed E-state index contributed by atoms with van der Waals surface area (Å²) in [6, 6.07) is 10.0. The molecule has 0 unspecified atom stereocenters. The van der Waals surface area contributed by atoms with Crippen molar-refractivity contribution in [1.82, 2.24) is 4.57 Å². The van der Waals surface area contributed by atoms with Gasteiger partial charge in [0, 0.05) is 46.5 Å². The highest BCUT2D eigenvalue weighted by atomic mass is 35.5. The van der Waals surface area contributed by atoms with E-state index in [1.54, 1.807) is 36.5 Å². The molecule has 1 aromatic carbocycles. The van der Waals surface area contributed by atoms with Gasteiger partial charge in [-0.2, -0.15) is 0 Å². The maximum atomic E-state index is 11.9. The van der Waals surface area contributed by atoms with Crippen molar-refractivity contribution in [3.63, 3.8) is 0 Å². The summed E-state index contributed by atoms with van der Waals surface area (Å²) in [6.45, 7) is 0. The van der Waals surface area contributed by atoms with Gasteiger partial charge in [0.2, 0.25) is 0 Å². The monoisotopic (exact) mass is 273 g/mol. The van der Waals surface area contributed by atoms with Gasteiger partial charge in [-0.25, -0.2) is 0 Å². The smallest absolute Gasteiger partial charge is 0.255 e. The summed E-state index contributed by atoms with van der Waals surface area (Å²) < 4.78 is 1.48. The predicted octanol–water partition coefficient (Wildman–Crippen LogP) is 2.44. The first-order valence-corrected chi connectivity index (χ1v) is 5.95. The zero-order valence-corrected chi connectivity index (χ0v) is 10.8. The number of nitrogens with zero attached hydrogens (tertiary/aromatic N) is 1. The molecule has 5 heteroatoms. The van der Waals surface area contributed by atoms with Gasteiger partial charge in [0.15, 0.2) is 0 Å². The molecule has 0 radical (unpaired) electrons. The lowest BCUT2D eigenvalue weighted by molar-refractivity contribution is 0.986. The van der Waals surface area contributed by atoms with Crippen LogP contribution in [0.15, 0.2) is 53.6 Å². The van der Waals surface area contributed by atoms with Crippen LogP contribution in [0.4, 0.5) is 0 Å². The predicted molar refractivity (Wildman–Crippen MR) is 78.0 cm³/mol. The Morgan fingerprint density at radius 2 is 1.89 bits per heavy atom. The van der Waals surface area contributed by atoms with Gasteiger partial charge >= 0.3 is 0 Å². The van der Waals surface area contributed by atoms with E-state index in [1.165, 1.54) is 16.8 Å². The van der Waals surface area contributed by atoms with Gasteiger partial charge in [0.1, 0.15) is 0 Å². The molecule has 3 N–H and O–H groups in total. The molecule has 96 valence electrons. The summed E-state index contributed by atoms with van der Waals surface area (Å²) in [5.74, 6) is 0. The van der Waals surface area contributed by atoms with Crippen molar-refractivity contribution < 1.29 is 0 Å². The Hall–Kier alpha value is -2.33. The van der Waals surface area contributed by atoms with Crippen molar-refractivity contribution in [2.24, 2.45) is 5.73 Å². The van der Waals surface area contributed by atoms with Gasteiger partial charge in [0.05, 0.1) is 0 Å². The second-order valence-electron chi connectivity index (χ2n) is 3.87. The lowest BCUT2D eigenvalue weighted by Crippen LogP contribution is -2.17. The molecule has 2 aromatic rings. The SMILES string of the molecule is N=C/C(=C\N)c1ccc(=O)n(-c2ccc(Cl)cc2)c1. The summed E-state index contributed by atoms with van der Waals surface area (Å²) in [5, 5.41) is 7.88. The van der Waals surface area contributed by atoms with Crippen LogP contribution in [0.2, 0.25) is 5.02 Å². The van der Waals surface area contributed by atoms with Crippen LogP contribution in [0.1, 0.15) is 5.56 Å². The van der Waals surface area contributed by atoms with Crippen LogP contribution in [0.3, 0.4) is 0 Å². The fourth-order valence-electron chi connectivity index (χ4n) is 1.69. The molecule has 19 heavy (non-hydrogen) atoms. The number of allylic oxidation sites excluding steroid dienone is 1. The van der Waals surface area contributed by atoms with E-state index in [0.29, 0.717) is 21.8 Å². The van der Waals surface area contributed by atoms with E-state index in [1.807, 2.05) is 0 Å². The first-order valence-electron chi connectivity index (χ1n) is 5.57. The average molecular weight is 274 g/mol. The van der Waals surface area contributed by atoms with Crippen LogP contribution < -0.4 is 11.3 Å². The maximum Gasteiger partial charge on any atom is 0.255 e. The molecule has 0 aliphatic carbocycles. The first-order chi connectivity index (χ1) is 9.15. The van der Waals surface area contributed by atoms with E-state index in [4.69, 9.17) is 22.7 Å². The number of nitrogens with two attached hydrogens (primary N) is 1. The number of benzene rings is 1. The third kappa shape index (κ3) is 2.74. The Bertz CT molecular complexity index is 687. The van der Waals surface area contributed by atoms with Crippen LogP contribution in [0.25, 0.3) is 11.3 Å². The van der Waals surface area contributed by atoms with Crippen molar-refractivity contribution >= 4 is 23.4 Å². The molecular weight excluding hydrogens is 262 g/mol. The van der Waals surface area contributed by atoms with Gasteiger partial charge < -0.3 is 11.1 Å². The summed E-state index contributed by atoms with van der Waals surface area (Å²) in [6.07, 6.45) is 4.13. The van der Waals surface area contributed by atoms with Gasteiger partial charge in [-0.05, 0) is 30.3 Å². The number of aromatic nitrogens is 1. The topological polar surface area (TPSA) is 71.9 Å². The Balaban J connectivity index is 2.57. The number of hydrogen-bond acceptors (Lipinski definition) is 3. The summed E-state index contributed by atoms with van der Waals surface area (Å²) >= 11 is 5.82. The minimum atomic E-state index is -0.160. The first kappa shape index (κ1) is 13.1. The molecule has 0 bridgehead atoms. The Kier molecular flexibility index (Phi) is 3.82. The second-order valence-corrected chi connectivity index (χ2v) is 4.31. The molecule has 0 amide bonds. The Morgan fingerprint density at radius 3 is 2.47 bits per heavy atom. The van der Waals surface area contributed by atoms with Crippen molar-refractivity contribution in [3.05, 3.63) is 69.7 Å². The molecule has 0 saturated heterocycles. The minimum absolute atomic E-state index is 0.160. The second kappa shape index (κ2) is 5.54. The molecule has 0 spiro atoms. The summed E-state index contributed by atoms with van der Waals surface area (Å²) in [5.41, 5.74) is 7.24. The highest BCUT2D eigenvalue weighted by Gasteiger charge is 2.04. The molecule has 0 fully saturated rings. The summed E-state index contributed by atoms with van der Waals surface area (Å²) in [4.78, 5) is 11.9. The lowest BCUT2D eigenvalue weighted by atomic mass is 10.1. The Labute approximate surface area is 115 Å². The third-order valence-electron chi connectivity index (χ3n) is 2.68. The Morgan fingerprint density at radius 1 is 1.21 bits per heavy atom. The van der Waals surface area contributed by atoms with Gasteiger partial charge in [-0.3, -0.25) is 9.36 Å². The van der Waals surface area contributed by atoms with Crippen molar-refractivity contribution in [1.29, 1.82) is 5.41 Å². The zero-order chi connectivity index (χ0) is 13.8. The van der Waals surface area contributed by atoms with Crippen molar-refractivity contribution in [3.8, 4) is 5.69 Å². The molecule has 0 saturated carbocycles. The molecule has 0 aliphatic heterocycles. The van der Waals surface area contributed by atoms with E-state index in [-0.39, 0.29) is 5.56 Å². The molecule has 0 aliphatic rings. The van der Waals surface area contributed by atoms with E-state index >= 15 is 0 Å². The van der Waals surface area contributed by atoms with Crippen LogP contribution in [0.5, 0.6) is 0 Å². The van der Waals surface area contributed by atoms with E-state index < -0.39 is 0 Å². The van der Waals surface area contributed by atoms with Crippen LogP contribution in [-0.2, 0) is 0 Å². The average Bonchev–Trinajstić information content (AvgIpc) is 2.43. The van der Waals surface area contributed by atoms with Crippen LogP contribution in [0, 0.1) is 5.41 Å². The van der Waals surface area contributed by atoms with E-state index in [9.17, 15) is 4.79 Å². The van der Waals surface area contributed by atoms with Crippen LogP contribution >= 0.6 is 11.6 Å². The number of pyridine rings is 1. The van der Waals surface area contributed by atoms with Gasteiger partial charge in [-0.1, -0.05) is 11.6 Å². The largest absolute Gasteiger partial charge is 0.404 e. The third-order valence-corrected chi connectivity index (χ3v) is 2.94. The van der Waals surface area contributed by atoms with E-state index in [2.05, 4.69) is 0 Å². The minimum Gasteiger partial charge on any atom is -0.404 e. The van der Waals surface area contributed by atoms with E-state index in [0.717, 1.165) is 6.21 Å². The normalized spacial score (nSPS) is 11.3. The highest BCUT2D eigenvalue weighted by molar-refractivity contribution is 6.30. The standard InChI is InChI=1S/C14H12ClN3O/c15-12-2-4-13(5-3-12)18-9-10(1-6-14(18)19)11(7-16)8-17/h1-9,16H,17H2/b11-8+,16-7?. The quantitative estimate of drug-likeness (QED) is 0.843. The number of nitrogens with one attached hydrogen (secondary N) is 1. The molecule has 1 aromatic heterocycles. The number of hydrogen-bond donors (Lipinski definition) is 2. The molecule has 4 nitrogen and oxygen atoms in total. The summed E-state index contributed by atoms with van der Waals surface area (Å²) in [7, 11) is 0. The molecular formula is C14H12ClN3O. The molecule has 0 atom stereocenters. The lowest BCUT2D eigenvalue weighted by Gasteiger charge is -2.08. The highest BCUT2D eigenvalue weighted by Crippen LogP contribution is 2.14. The van der Waals surface area contributed by atoms with Crippen molar-refractivity contribution in [2.75, 3.05) is 0 Å².